The van der Waals surface area contributed by atoms with Crippen LogP contribution in [0.4, 0.5) is 0 Å². The van der Waals surface area contributed by atoms with E-state index in [0.717, 1.165) is 18.7 Å². The van der Waals surface area contributed by atoms with Crippen molar-refractivity contribution in [3.8, 4) is 11.5 Å². The molecule has 3 rings (SSSR count). The van der Waals surface area contributed by atoms with Crippen molar-refractivity contribution < 1.29 is 14.3 Å². The molecule has 0 unspecified atom stereocenters. The lowest BCUT2D eigenvalue weighted by atomic mass is 10.1. The summed E-state index contributed by atoms with van der Waals surface area (Å²) in [5.74, 6) is 1.06. The molecule has 1 fully saturated rings. The number of ether oxygens (including phenoxy) is 2. The summed E-state index contributed by atoms with van der Waals surface area (Å²) >= 11 is 12.1. The predicted molar refractivity (Wildman–Crippen MR) is 103 cm³/mol. The SMILES string of the molecule is COc1cc(C(=O)N2CCNCC2)ccc1OCc1ccc(Cl)cc1Cl. The molecule has 1 saturated heterocycles. The first-order valence-electron chi connectivity index (χ1n) is 8.33. The molecular formula is C19H20Cl2N2O3. The van der Waals surface area contributed by atoms with E-state index < -0.39 is 0 Å². The van der Waals surface area contributed by atoms with Crippen LogP contribution in [-0.2, 0) is 6.61 Å². The van der Waals surface area contributed by atoms with Gasteiger partial charge in [0.2, 0.25) is 0 Å². The van der Waals surface area contributed by atoms with Gasteiger partial charge in [0.1, 0.15) is 6.61 Å². The Labute approximate surface area is 162 Å². The molecule has 0 bridgehead atoms. The van der Waals surface area contributed by atoms with Crippen LogP contribution in [0.25, 0.3) is 0 Å². The van der Waals surface area contributed by atoms with Crippen LogP contribution in [0.3, 0.4) is 0 Å². The van der Waals surface area contributed by atoms with E-state index in [1.54, 1.807) is 37.4 Å². The first-order valence-corrected chi connectivity index (χ1v) is 9.09. The van der Waals surface area contributed by atoms with E-state index in [-0.39, 0.29) is 12.5 Å². The monoisotopic (exact) mass is 394 g/mol. The summed E-state index contributed by atoms with van der Waals surface area (Å²) in [6, 6.07) is 10.5. The van der Waals surface area contributed by atoms with E-state index in [0.29, 0.717) is 40.2 Å². The maximum Gasteiger partial charge on any atom is 0.254 e. The normalized spacial score (nSPS) is 14.2. The smallest absolute Gasteiger partial charge is 0.254 e. The summed E-state index contributed by atoms with van der Waals surface area (Å²) in [4.78, 5) is 14.4. The van der Waals surface area contributed by atoms with Gasteiger partial charge in [-0.05, 0) is 30.3 Å². The molecule has 5 nitrogen and oxygen atoms in total. The summed E-state index contributed by atoms with van der Waals surface area (Å²) in [6.45, 7) is 3.30. The number of nitrogens with one attached hydrogen (secondary N) is 1. The third-order valence-corrected chi connectivity index (χ3v) is 4.80. The van der Waals surface area contributed by atoms with E-state index in [1.165, 1.54) is 0 Å². The number of piperazine rings is 1. The molecule has 1 N–H and O–H groups in total. The zero-order chi connectivity index (χ0) is 18.5. The third kappa shape index (κ3) is 4.41. The fraction of sp³-hybridized carbons (Fsp3) is 0.316. The molecule has 0 saturated carbocycles. The average molecular weight is 395 g/mol. The van der Waals surface area contributed by atoms with Crippen molar-refractivity contribution in [2.45, 2.75) is 6.61 Å². The Balaban J connectivity index is 1.73. The minimum absolute atomic E-state index is 0.00269. The Morgan fingerprint density at radius 3 is 2.58 bits per heavy atom. The standard InChI is InChI=1S/C19H20Cl2N2O3/c1-25-18-10-13(19(24)23-8-6-22-7-9-23)3-5-17(18)26-12-14-2-4-15(20)11-16(14)21/h2-5,10-11,22H,6-9,12H2,1H3. The first kappa shape index (κ1) is 18.8. The van der Waals surface area contributed by atoms with Crippen LogP contribution in [0.2, 0.25) is 10.0 Å². The second-order valence-electron chi connectivity index (χ2n) is 5.93. The maximum absolute atomic E-state index is 12.6. The predicted octanol–water partition coefficient (Wildman–Crippen LogP) is 3.63. The van der Waals surface area contributed by atoms with Crippen LogP contribution >= 0.6 is 23.2 Å². The zero-order valence-corrected chi connectivity index (χ0v) is 15.9. The molecule has 0 radical (unpaired) electrons. The Morgan fingerprint density at radius 1 is 1.12 bits per heavy atom. The van der Waals surface area contributed by atoms with E-state index in [9.17, 15) is 4.79 Å². The quantitative estimate of drug-likeness (QED) is 0.840. The summed E-state index contributed by atoms with van der Waals surface area (Å²) < 4.78 is 11.2. The van der Waals surface area contributed by atoms with Crippen molar-refractivity contribution >= 4 is 29.1 Å². The van der Waals surface area contributed by atoms with Gasteiger partial charge in [-0.1, -0.05) is 29.3 Å². The number of methoxy groups -OCH3 is 1. The molecule has 2 aromatic rings. The molecule has 1 aliphatic heterocycles. The minimum Gasteiger partial charge on any atom is -0.493 e. The van der Waals surface area contributed by atoms with Gasteiger partial charge >= 0.3 is 0 Å². The molecule has 1 amide bonds. The van der Waals surface area contributed by atoms with Crippen molar-refractivity contribution in [2.75, 3.05) is 33.3 Å². The van der Waals surface area contributed by atoms with Crippen molar-refractivity contribution in [1.29, 1.82) is 0 Å². The van der Waals surface area contributed by atoms with Gasteiger partial charge in [-0.3, -0.25) is 4.79 Å². The lowest BCUT2D eigenvalue weighted by molar-refractivity contribution is 0.0735. The van der Waals surface area contributed by atoms with Crippen LogP contribution in [0.15, 0.2) is 36.4 Å². The fourth-order valence-electron chi connectivity index (χ4n) is 2.76. The van der Waals surface area contributed by atoms with Gasteiger partial charge in [0.25, 0.3) is 5.91 Å². The van der Waals surface area contributed by atoms with Crippen molar-refractivity contribution in [1.82, 2.24) is 10.2 Å². The number of hydrogen-bond donors (Lipinski definition) is 1. The molecule has 7 heteroatoms. The van der Waals surface area contributed by atoms with Crippen molar-refractivity contribution in [3.63, 3.8) is 0 Å². The number of nitrogens with zero attached hydrogens (tertiary/aromatic N) is 1. The van der Waals surface area contributed by atoms with Crippen LogP contribution in [0.5, 0.6) is 11.5 Å². The fourth-order valence-corrected chi connectivity index (χ4v) is 3.23. The molecule has 0 aliphatic carbocycles. The second-order valence-corrected chi connectivity index (χ2v) is 6.78. The number of rotatable bonds is 5. The summed E-state index contributed by atoms with van der Waals surface area (Å²) in [5, 5.41) is 4.35. The molecule has 1 aliphatic rings. The van der Waals surface area contributed by atoms with Crippen molar-refractivity contribution in [3.05, 3.63) is 57.6 Å². The van der Waals surface area contributed by atoms with Gasteiger partial charge < -0.3 is 19.7 Å². The molecule has 0 aromatic heterocycles. The lowest BCUT2D eigenvalue weighted by Gasteiger charge is -2.27. The van der Waals surface area contributed by atoms with Crippen LogP contribution < -0.4 is 14.8 Å². The number of carbonyl (C=O) groups is 1. The van der Waals surface area contributed by atoms with E-state index >= 15 is 0 Å². The summed E-state index contributed by atoms with van der Waals surface area (Å²) in [6.07, 6.45) is 0. The number of benzene rings is 2. The number of carbonyl (C=O) groups excluding carboxylic acids is 1. The van der Waals surface area contributed by atoms with Gasteiger partial charge in [0.05, 0.1) is 7.11 Å². The number of hydrogen-bond acceptors (Lipinski definition) is 4. The Morgan fingerprint density at radius 2 is 1.88 bits per heavy atom. The molecule has 0 atom stereocenters. The lowest BCUT2D eigenvalue weighted by Crippen LogP contribution is -2.46. The Kier molecular flexibility index (Phi) is 6.25. The van der Waals surface area contributed by atoms with Crippen LogP contribution in [0.1, 0.15) is 15.9 Å². The third-order valence-electron chi connectivity index (χ3n) is 4.21. The minimum atomic E-state index is -0.00269. The van der Waals surface area contributed by atoms with Gasteiger partial charge in [-0.25, -0.2) is 0 Å². The summed E-state index contributed by atoms with van der Waals surface area (Å²) in [5.41, 5.74) is 1.40. The van der Waals surface area contributed by atoms with E-state index in [1.807, 2.05) is 11.0 Å². The van der Waals surface area contributed by atoms with E-state index in [2.05, 4.69) is 5.32 Å². The Hall–Kier alpha value is -1.95. The molecule has 26 heavy (non-hydrogen) atoms. The van der Waals surface area contributed by atoms with Crippen LogP contribution in [0, 0.1) is 0 Å². The highest BCUT2D eigenvalue weighted by Gasteiger charge is 2.19. The van der Waals surface area contributed by atoms with Gasteiger partial charge in [-0.15, -0.1) is 0 Å². The summed E-state index contributed by atoms with van der Waals surface area (Å²) in [7, 11) is 1.55. The topological polar surface area (TPSA) is 50.8 Å². The second kappa shape index (κ2) is 8.62. The number of halogens is 2. The van der Waals surface area contributed by atoms with Gasteiger partial charge in [0.15, 0.2) is 11.5 Å². The molecule has 138 valence electrons. The molecule has 0 spiro atoms. The first-order chi connectivity index (χ1) is 12.6. The average Bonchev–Trinajstić information content (AvgIpc) is 2.67. The highest BCUT2D eigenvalue weighted by Crippen LogP contribution is 2.30. The molecule has 2 aromatic carbocycles. The largest absolute Gasteiger partial charge is 0.493 e. The van der Waals surface area contributed by atoms with E-state index in [4.69, 9.17) is 32.7 Å². The van der Waals surface area contributed by atoms with Gasteiger partial charge in [0, 0.05) is 47.4 Å². The molecular weight excluding hydrogens is 375 g/mol. The number of amides is 1. The van der Waals surface area contributed by atoms with Gasteiger partial charge in [-0.2, -0.15) is 0 Å². The van der Waals surface area contributed by atoms with Crippen molar-refractivity contribution in [2.24, 2.45) is 0 Å². The van der Waals surface area contributed by atoms with Crippen LogP contribution in [-0.4, -0.2) is 44.1 Å². The Bertz CT molecular complexity index is 792. The molecule has 1 heterocycles. The maximum atomic E-state index is 12.6. The highest BCUT2D eigenvalue weighted by atomic mass is 35.5. The zero-order valence-electron chi connectivity index (χ0n) is 14.4. The highest BCUT2D eigenvalue weighted by molar-refractivity contribution is 6.35.